The molecule has 0 spiro atoms. The number of halogens is 2. The zero-order valence-corrected chi connectivity index (χ0v) is 18.7. The predicted molar refractivity (Wildman–Crippen MR) is 126 cm³/mol. The minimum absolute atomic E-state index is 0.0858. The van der Waals surface area contributed by atoms with E-state index in [9.17, 15) is 10.1 Å². The van der Waals surface area contributed by atoms with E-state index < -0.39 is 5.92 Å². The third kappa shape index (κ3) is 5.79. The lowest BCUT2D eigenvalue weighted by Crippen LogP contribution is -2.15. The van der Waals surface area contributed by atoms with Crippen LogP contribution in [-0.2, 0) is 10.5 Å². The second-order valence-corrected chi connectivity index (χ2v) is 8.66. The van der Waals surface area contributed by atoms with Gasteiger partial charge in [-0.3, -0.25) is 4.79 Å². The van der Waals surface area contributed by atoms with Gasteiger partial charge >= 0.3 is 0 Å². The van der Waals surface area contributed by atoms with Gasteiger partial charge in [-0.1, -0.05) is 71.7 Å². The summed E-state index contributed by atoms with van der Waals surface area (Å²) >= 11 is 14.0. The molecule has 1 N–H and O–H groups in total. The predicted octanol–water partition coefficient (Wildman–Crippen LogP) is 6.83. The van der Waals surface area contributed by atoms with E-state index in [1.54, 1.807) is 30.0 Å². The first-order valence-electron chi connectivity index (χ1n) is 9.34. The fourth-order valence-corrected chi connectivity index (χ4v) is 4.25. The van der Waals surface area contributed by atoms with E-state index in [4.69, 9.17) is 23.2 Å². The highest BCUT2D eigenvalue weighted by Gasteiger charge is 2.19. The molecular formula is C24H20Cl2N2OS. The van der Waals surface area contributed by atoms with Gasteiger partial charge in [-0.2, -0.15) is 5.26 Å². The van der Waals surface area contributed by atoms with Crippen molar-refractivity contribution in [2.45, 2.75) is 18.6 Å². The van der Waals surface area contributed by atoms with Gasteiger partial charge in [0.2, 0.25) is 5.91 Å². The molecule has 30 heavy (non-hydrogen) atoms. The maximum atomic E-state index is 12.4. The SMILES string of the molecule is Cc1cc(C(C#N)c2ccc(Cl)cc2)c(Cl)cc1NC(=O)CSCc1ccccc1. The summed E-state index contributed by atoms with van der Waals surface area (Å²) in [5.41, 5.74) is 4.21. The molecule has 0 bridgehead atoms. The Morgan fingerprint density at radius 2 is 1.80 bits per heavy atom. The van der Waals surface area contributed by atoms with E-state index in [0.717, 1.165) is 16.9 Å². The molecule has 3 aromatic rings. The Kier molecular flexibility index (Phi) is 7.81. The molecule has 0 radical (unpaired) electrons. The van der Waals surface area contributed by atoms with Crippen molar-refractivity contribution in [3.8, 4) is 6.07 Å². The average molecular weight is 455 g/mol. The summed E-state index contributed by atoms with van der Waals surface area (Å²) in [6.45, 7) is 1.89. The van der Waals surface area contributed by atoms with E-state index in [1.165, 1.54) is 5.56 Å². The molecule has 0 aliphatic rings. The van der Waals surface area contributed by atoms with Crippen LogP contribution < -0.4 is 5.32 Å². The maximum Gasteiger partial charge on any atom is 0.234 e. The molecule has 1 atom stereocenters. The number of anilines is 1. The number of benzene rings is 3. The van der Waals surface area contributed by atoms with E-state index in [-0.39, 0.29) is 5.91 Å². The summed E-state index contributed by atoms with van der Waals surface area (Å²) < 4.78 is 0. The number of carbonyl (C=O) groups excluding carboxylic acids is 1. The van der Waals surface area contributed by atoms with E-state index in [0.29, 0.717) is 27.0 Å². The number of nitrogens with zero attached hydrogens (tertiary/aromatic N) is 1. The lowest BCUT2D eigenvalue weighted by Gasteiger charge is -2.16. The molecule has 0 heterocycles. The normalized spacial score (nSPS) is 11.5. The molecule has 0 aromatic heterocycles. The van der Waals surface area contributed by atoms with Gasteiger partial charge in [0.05, 0.1) is 17.7 Å². The quantitative estimate of drug-likeness (QED) is 0.425. The van der Waals surface area contributed by atoms with Crippen LogP contribution in [0.5, 0.6) is 0 Å². The van der Waals surface area contributed by atoms with Gasteiger partial charge in [-0.25, -0.2) is 0 Å². The Hall–Kier alpha value is -2.45. The van der Waals surface area contributed by atoms with Gasteiger partial charge in [0.25, 0.3) is 0 Å². The zero-order valence-electron chi connectivity index (χ0n) is 16.4. The van der Waals surface area contributed by atoms with Crippen LogP contribution in [0.15, 0.2) is 66.7 Å². The van der Waals surface area contributed by atoms with E-state index >= 15 is 0 Å². The third-order valence-electron chi connectivity index (χ3n) is 4.61. The zero-order chi connectivity index (χ0) is 21.5. The highest BCUT2D eigenvalue weighted by atomic mass is 35.5. The number of thioether (sulfide) groups is 1. The van der Waals surface area contributed by atoms with Crippen LogP contribution in [0.4, 0.5) is 5.69 Å². The number of nitriles is 1. The monoisotopic (exact) mass is 454 g/mol. The molecule has 0 fully saturated rings. The minimum atomic E-state index is -0.514. The summed E-state index contributed by atoms with van der Waals surface area (Å²) in [6.07, 6.45) is 0. The molecule has 152 valence electrons. The largest absolute Gasteiger partial charge is 0.325 e. The van der Waals surface area contributed by atoms with Crippen LogP contribution in [0.1, 0.15) is 28.2 Å². The maximum absolute atomic E-state index is 12.4. The standard InChI is InChI=1S/C24H20Cl2N2OS/c1-16-11-20(21(13-27)18-7-9-19(25)10-8-18)22(26)12-23(16)28-24(29)15-30-14-17-5-3-2-4-6-17/h2-12,21H,14-15H2,1H3,(H,28,29). The summed E-state index contributed by atoms with van der Waals surface area (Å²) in [5, 5.41) is 13.7. The Labute approximate surface area is 191 Å². The van der Waals surface area contributed by atoms with Crippen molar-refractivity contribution in [1.82, 2.24) is 0 Å². The molecule has 3 nitrogen and oxygen atoms in total. The summed E-state index contributed by atoms with van der Waals surface area (Å²) in [4.78, 5) is 12.4. The Morgan fingerprint density at radius 3 is 2.47 bits per heavy atom. The van der Waals surface area contributed by atoms with Crippen molar-refractivity contribution in [3.05, 3.63) is 99.0 Å². The van der Waals surface area contributed by atoms with Crippen molar-refractivity contribution in [3.63, 3.8) is 0 Å². The summed E-state index contributed by atoms with van der Waals surface area (Å²) in [5.74, 6) is 0.522. The van der Waals surface area contributed by atoms with Gasteiger partial charge in [0, 0.05) is 21.5 Å². The van der Waals surface area contributed by atoms with Crippen molar-refractivity contribution < 1.29 is 4.79 Å². The van der Waals surface area contributed by atoms with Crippen LogP contribution in [0.25, 0.3) is 0 Å². The minimum Gasteiger partial charge on any atom is -0.325 e. The number of rotatable bonds is 7. The molecule has 0 saturated carbocycles. The van der Waals surface area contributed by atoms with Crippen LogP contribution in [0.2, 0.25) is 10.0 Å². The number of amides is 1. The average Bonchev–Trinajstić information content (AvgIpc) is 2.74. The first-order valence-corrected chi connectivity index (χ1v) is 11.3. The molecule has 6 heteroatoms. The van der Waals surface area contributed by atoms with Gasteiger partial charge in [0.15, 0.2) is 0 Å². The Balaban J connectivity index is 1.68. The van der Waals surface area contributed by atoms with Gasteiger partial charge in [-0.15, -0.1) is 11.8 Å². The smallest absolute Gasteiger partial charge is 0.234 e. The fraction of sp³-hybridized carbons (Fsp3) is 0.167. The molecule has 0 aliphatic heterocycles. The number of carbonyl (C=O) groups is 1. The lowest BCUT2D eigenvalue weighted by atomic mass is 9.91. The third-order valence-corrected chi connectivity index (χ3v) is 6.19. The highest BCUT2D eigenvalue weighted by molar-refractivity contribution is 7.99. The van der Waals surface area contributed by atoms with E-state index in [2.05, 4.69) is 11.4 Å². The number of hydrogen-bond acceptors (Lipinski definition) is 3. The first kappa shape index (κ1) is 22.2. The van der Waals surface area contributed by atoms with Crippen molar-refractivity contribution in [2.24, 2.45) is 0 Å². The second-order valence-electron chi connectivity index (χ2n) is 6.83. The second kappa shape index (κ2) is 10.5. The van der Waals surface area contributed by atoms with E-state index in [1.807, 2.05) is 55.5 Å². The summed E-state index contributed by atoms with van der Waals surface area (Å²) in [7, 11) is 0. The molecule has 3 rings (SSSR count). The molecular weight excluding hydrogens is 435 g/mol. The Bertz CT molecular complexity index is 1060. The van der Waals surface area contributed by atoms with Crippen molar-refractivity contribution >= 4 is 46.6 Å². The Morgan fingerprint density at radius 1 is 1.10 bits per heavy atom. The first-order chi connectivity index (χ1) is 14.5. The summed E-state index contributed by atoms with van der Waals surface area (Å²) in [6, 6.07) is 23.1. The molecule has 0 aliphatic carbocycles. The van der Waals surface area contributed by atoms with Crippen LogP contribution in [0, 0.1) is 18.3 Å². The topological polar surface area (TPSA) is 52.9 Å². The van der Waals surface area contributed by atoms with Gasteiger partial charge in [0.1, 0.15) is 0 Å². The molecule has 1 unspecified atom stereocenters. The number of nitrogens with one attached hydrogen (secondary N) is 1. The lowest BCUT2D eigenvalue weighted by molar-refractivity contribution is -0.113. The van der Waals surface area contributed by atoms with Crippen LogP contribution in [-0.4, -0.2) is 11.7 Å². The highest BCUT2D eigenvalue weighted by Crippen LogP contribution is 2.34. The molecule has 1 amide bonds. The van der Waals surface area contributed by atoms with Gasteiger partial charge in [-0.05, 0) is 47.4 Å². The van der Waals surface area contributed by atoms with Crippen molar-refractivity contribution in [2.75, 3.05) is 11.1 Å². The molecule has 0 saturated heterocycles. The van der Waals surface area contributed by atoms with Crippen molar-refractivity contribution in [1.29, 1.82) is 5.26 Å². The fourth-order valence-electron chi connectivity index (χ4n) is 3.06. The number of aryl methyl sites for hydroxylation is 1. The number of hydrogen-bond donors (Lipinski definition) is 1. The molecule has 3 aromatic carbocycles. The van der Waals surface area contributed by atoms with Crippen LogP contribution >= 0.6 is 35.0 Å². The van der Waals surface area contributed by atoms with Crippen LogP contribution in [0.3, 0.4) is 0 Å². The van der Waals surface area contributed by atoms with Gasteiger partial charge < -0.3 is 5.32 Å².